The van der Waals surface area contributed by atoms with Crippen molar-refractivity contribution in [1.82, 2.24) is 4.90 Å². The lowest BCUT2D eigenvalue weighted by Crippen LogP contribution is -2.49. The fourth-order valence-electron chi connectivity index (χ4n) is 3.81. The first-order valence-electron chi connectivity index (χ1n) is 10.2. The van der Waals surface area contributed by atoms with Gasteiger partial charge in [0, 0.05) is 18.2 Å². The fraction of sp³-hybridized carbons (Fsp3) is 0.348. The van der Waals surface area contributed by atoms with Crippen molar-refractivity contribution >= 4 is 34.8 Å². The maximum absolute atomic E-state index is 13.3. The number of amides is 3. The molecule has 0 unspecified atom stereocenters. The lowest BCUT2D eigenvalue weighted by molar-refractivity contribution is -0.124. The molecule has 2 aromatic carbocycles. The van der Waals surface area contributed by atoms with Crippen LogP contribution in [0.3, 0.4) is 0 Å². The van der Waals surface area contributed by atoms with Crippen molar-refractivity contribution in [3.63, 3.8) is 0 Å². The molecule has 0 aromatic heterocycles. The largest absolute Gasteiger partial charge is 0.325 e. The number of carbonyl (C=O) groups excluding carboxylic acids is 3. The molecule has 1 heterocycles. The molecule has 0 fully saturated rings. The topological polar surface area (TPSA) is 81.8 Å². The van der Waals surface area contributed by atoms with Crippen molar-refractivity contribution in [2.75, 3.05) is 29.1 Å². The minimum absolute atomic E-state index is 0.0631. The van der Waals surface area contributed by atoms with Gasteiger partial charge in [0.1, 0.15) is 0 Å². The van der Waals surface area contributed by atoms with Crippen LogP contribution >= 0.6 is 0 Å². The lowest BCUT2D eigenvalue weighted by Gasteiger charge is -2.32. The quantitative estimate of drug-likeness (QED) is 0.770. The molecule has 158 valence electrons. The van der Waals surface area contributed by atoms with E-state index in [0.717, 1.165) is 5.69 Å². The van der Waals surface area contributed by atoms with Crippen LogP contribution in [0.15, 0.2) is 54.6 Å². The summed E-state index contributed by atoms with van der Waals surface area (Å²) < 4.78 is 0. The molecule has 0 spiro atoms. The van der Waals surface area contributed by atoms with Crippen LogP contribution < -0.4 is 15.5 Å². The number of benzene rings is 2. The molecular weight excluding hydrogens is 380 g/mol. The standard InChI is InChI=1S/C23H28N4O3/c1-4-19(23(30)24-17-10-6-5-7-11-17)26(3)15-22(29)27-16(2)14-21(28)25-18-12-8-9-13-20(18)27/h5-13,16,19H,4,14-15H2,1-3H3,(H,24,30)(H,25,28)/t16-,19-/m1/s1. The average Bonchev–Trinajstić information content (AvgIpc) is 2.83. The summed E-state index contributed by atoms with van der Waals surface area (Å²) in [5.41, 5.74) is 2.02. The number of hydrogen-bond acceptors (Lipinski definition) is 4. The fourth-order valence-corrected chi connectivity index (χ4v) is 3.81. The normalized spacial score (nSPS) is 17.0. The molecule has 0 aliphatic carbocycles. The molecule has 0 saturated carbocycles. The van der Waals surface area contributed by atoms with Crippen LogP contribution in [0.4, 0.5) is 17.1 Å². The summed E-state index contributed by atoms with van der Waals surface area (Å²) >= 11 is 0. The molecule has 2 atom stereocenters. The van der Waals surface area contributed by atoms with Gasteiger partial charge in [0.2, 0.25) is 17.7 Å². The van der Waals surface area contributed by atoms with Gasteiger partial charge in [-0.2, -0.15) is 0 Å². The molecule has 7 heteroatoms. The highest BCUT2D eigenvalue weighted by Gasteiger charge is 2.31. The highest BCUT2D eigenvalue weighted by atomic mass is 16.2. The molecule has 2 aromatic rings. The van der Waals surface area contributed by atoms with Gasteiger partial charge < -0.3 is 15.5 Å². The second kappa shape index (κ2) is 9.54. The Kier molecular flexibility index (Phi) is 6.84. The van der Waals surface area contributed by atoms with Crippen molar-refractivity contribution < 1.29 is 14.4 Å². The Morgan fingerprint density at radius 3 is 2.53 bits per heavy atom. The summed E-state index contributed by atoms with van der Waals surface area (Å²) in [6.07, 6.45) is 0.782. The van der Waals surface area contributed by atoms with Crippen molar-refractivity contribution in [1.29, 1.82) is 0 Å². The molecule has 30 heavy (non-hydrogen) atoms. The van der Waals surface area contributed by atoms with Gasteiger partial charge in [0.15, 0.2) is 0 Å². The second-order valence-electron chi connectivity index (χ2n) is 7.58. The summed E-state index contributed by atoms with van der Waals surface area (Å²) in [5.74, 6) is -0.424. The van der Waals surface area contributed by atoms with E-state index >= 15 is 0 Å². The van der Waals surface area contributed by atoms with E-state index in [1.165, 1.54) is 0 Å². The Labute approximate surface area is 177 Å². The van der Waals surface area contributed by atoms with Gasteiger partial charge in [-0.15, -0.1) is 0 Å². The molecule has 0 bridgehead atoms. The first kappa shape index (κ1) is 21.5. The van der Waals surface area contributed by atoms with E-state index in [-0.39, 0.29) is 36.7 Å². The van der Waals surface area contributed by atoms with Gasteiger partial charge in [-0.1, -0.05) is 37.3 Å². The van der Waals surface area contributed by atoms with Crippen LogP contribution in [0.1, 0.15) is 26.7 Å². The summed E-state index contributed by atoms with van der Waals surface area (Å²) in [6.45, 7) is 3.84. The van der Waals surface area contributed by atoms with E-state index in [0.29, 0.717) is 17.8 Å². The second-order valence-corrected chi connectivity index (χ2v) is 7.58. The minimum Gasteiger partial charge on any atom is -0.325 e. The number of nitrogens with one attached hydrogen (secondary N) is 2. The van der Waals surface area contributed by atoms with Crippen LogP contribution in [-0.4, -0.2) is 48.3 Å². The molecule has 1 aliphatic rings. The van der Waals surface area contributed by atoms with Gasteiger partial charge in [0.25, 0.3) is 0 Å². The molecule has 3 amide bonds. The number of anilines is 3. The first-order chi connectivity index (χ1) is 14.4. The van der Waals surface area contributed by atoms with E-state index in [4.69, 9.17) is 0 Å². The van der Waals surface area contributed by atoms with E-state index in [1.54, 1.807) is 22.9 Å². The van der Waals surface area contributed by atoms with Crippen LogP contribution in [0.2, 0.25) is 0 Å². The number of likely N-dealkylation sites (N-methyl/N-ethyl adjacent to an activating group) is 1. The smallest absolute Gasteiger partial charge is 0.241 e. The maximum Gasteiger partial charge on any atom is 0.241 e. The third kappa shape index (κ3) is 4.86. The minimum atomic E-state index is -0.452. The van der Waals surface area contributed by atoms with E-state index in [1.807, 2.05) is 62.4 Å². The van der Waals surface area contributed by atoms with Gasteiger partial charge in [0.05, 0.1) is 24.0 Å². The molecule has 2 N–H and O–H groups in total. The van der Waals surface area contributed by atoms with Crippen LogP contribution in [-0.2, 0) is 14.4 Å². The zero-order valence-corrected chi connectivity index (χ0v) is 17.6. The third-order valence-electron chi connectivity index (χ3n) is 5.28. The molecule has 7 nitrogen and oxygen atoms in total. The summed E-state index contributed by atoms with van der Waals surface area (Å²) in [7, 11) is 1.77. The van der Waals surface area contributed by atoms with Gasteiger partial charge in [-0.3, -0.25) is 19.3 Å². The van der Waals surface area contributed by atoms with Crippen LogP contribution in [0, 0.1) is 0 Å². The van der Waals surface area contributed by atoms with Crippen molar-refractivity contribution in [2.24, 2.45) is 0 Å². The number of fused-ring (bicyclic) bond motifs is 1. The Bertz CT molecular complexity index is 916. The zero-order valence-electron chi connectivity index (χ0n) is 17.6. The number of nitrogens with zero attached hydrogens (tertiary/aromatic N) is 2. The van der Waals surface area contributed by atoms with Gasteiger partial charge in [-0.05, 0) is 44.7 Å². The Morgan fingerprint density at radius 1 is 1.17 bits per heavy atom. The van der Waals surface area contributed by atoms with Crippen LogP contribution in [0.5, 0.6) is 0 Å². The zero-order chi connectivity index (χ0) is 21.7. The predicted molar refractivity (Wildman–Crippen MR) is 118 cm³/mol. The van der Waals surface area contributed by atoms with Crippen molar-refractivity contribution in [3.8, 4) is 0 Å². The summed E-state index contributed by atoms with van der Waals surface area (Å²) in [4.78, 5) is 41.6. The highest BCUT2D eigenvalue weighted by molar-refractivity contribution is 6.05. The lowest BCUT2D eigenvalue weighted by atomic mass is 10.1. The third-order valence-corrected chi connectivity index (χ3v) is 5.28. The number of para-hydroxylation sites is 3. The number of rotatable bonds is 6. The highest BCUT2D eigenvalue weighted by Crippen LogP contribution is 2.31. The van der Waals surface area contributed by atoms with Crippen molar-refractivity contribution in [2.45, 2.75) is 38.8 Å². The molecule has 1 aliphatic heterocycles. The molecule has 0 saturated heterocycles. The average molecular weight is 409 g/mol. The molecule has 0 radical (unpaired) electrons. The Balaban J connectivity index is 1.75. The van der Waals surface area contributed by atoms with E-state index < -0.39 is 6.04 Å². The molecule has 3 rings (SSSR count). The van der Waals surface area contributed by atoms with Gasteiger partial charge in [-0.25, -0.2) is 0 Å². The Hall–Kier alpha value is -3.19. The van der Waals surface area contributed by atoms with Gasteiger partial charge >= 0.3 is 0 Å². The first-order valence-corrected chi connectivity index (χ1v) is 10.2. The number of hydrogen-bond donors (Lipinski definition) is 2. The predicted octanol–water partition coefficient (Wildman–Crippen LogP) is 3.10. The monoisotopic (exact) mass is 408 g/mol. The van der Waals surface area contributed by atoms with E-state index in [2.05, 4.69) is 10.6 Å². The summed E-state index contributed by atoms with van der Waals surface area (Å²) in [6, 6.07) is 15.8. The number of carbonyl (C=O) groups is 3. The van der Waals surface area contributed by atoms with Crippen molar-refractivity contribution in [3.05, 3.63) is 54.6 Å². The SMILES string of the molecule is CC[C@H](C(=O)Nc1ccccc1)N(C)CC(=O)N1c2ccccc2NC(=O)C[C@H]1C. The maximum atomic E-state index is 13.3. The summed E-state index contributed by atoms with van der Waals surface area (Å²) in [5, 5.41) is 5.77. The molecular formula is C23H28N4O3. The van der Waals surface area contributed by atoms with Crippen LogP contribution in [0.25, 0.3) is 0 Å². The van der Waals surface area contributed by atoms with E-state index in [9.17, 15) is 14.4 Å². The Morgan fingerprint density at radius 2 is 1.83 bits per heavy atom.